The van der Waals surface area contributed by atoms with Crippen LogP contribution < -0.4 is 14.8 Å². The lowest BCUT2D eigenvalue weighted by Gasteiger charge is -2.31. The van der Waals surface area contributed by atoms with Crippen LogP contribution >= 0.6 is 11.6 Å². The molecule has 0 saturated carbocycles. The van der Waals surface area contributed by atoms with Crippen LogP contribution in [-0.4, -0.2) is 45.9 Å². The number of nitrogens with zero attached hydrogens (tertiary/aromatic N) is 1. The Morgan fingerprint density at radius 1 is 1.14 bits per heavy atom. The zero-order chi connectivity index (χ0) is 21.0. The minimum absolute atomic E-state index is 0.120. The summed E-state index contributed by atoms with van der Waals surface area (Å²) in [6.45, 7) is 0.496. The predicted molar refractivity (Wildman–Crippen MR) is 111 cm³/mol. The summed E-state index contributed by atoms with van der Waals surface area (Å²) in [4.78, 5) is 13.0. The summed E-state index contributed by atoms with van der Waals surface area (Å²) in [5.74, 6) is 0.374. The Labute approximate surface area is 175 Å². The molecule has 2 aromatic rings. The van der Waals surface area contributed by atoms with Gasteiger partial charge in [-0.3, -0.25) is 4.79 Å². The van der Waals surface area contributed by atoms with Crippen LogP contribution in [0.2, 0.25) is 5.02 Å². The van der Waals surface area contributed by atoms with E-state index >= 15 is 0 Å². The Balaban J connectivity index is 1.73. The first-order valence-corrected chi connectivity index (χ1v) is 11.0. The van der Waals surface area contributed by atoms with Gasteiger partial charge in [0, 0.05) is 24.2 Å². The number of amides is 1. The molecule has 3 rings (SSSR count). The SMILES string of the molecule is COc1ccc(NC(=O)[C@H]2CCCN(S(=O)(=O)c3ccc(Cl)cc3)C2)c(OC)c1. The number of carbonyl (C=O) groups is 1. The Hall–Kier alpha value is -2.29. The fraction of sp³-hybridized carbons (Fsp3) is 0.350. The van der Waals surface area contributed by atoms with Crippen molar-refractivity contribution < 1.29 is 22.7 Å². The van der Waals surface area contributed by atoms with Gasteiger partial charge in [-0.1, -0.05) is 11.6 Å². The van der Waals surface area contributed by atoms with E-state index in [0.717, 1.165) is 0 Å². The summed E-state index contributed by atoms with van der Waals surface area (Å²) < 4.78 is 37.6. The monoisotopic (exact) mass is 438 g/mol. The molecular weight excluding hydrogens is 416 g/mol. The molecule has 9 heteroatoms. The third-order valence-electron chi connectivity index (χ3n) is 4.87. The maximum atomic E-state index is 12.9. The molecule has 1 fully saturated rings. The van der Waals surface area contributed by atoms with Gasteiger partial charge in [-0.2, -0.15) is 4.31 Å². The summed E-state index contributed by atoms with van der Waals surface area (Å²) in [7, 11) is -0.635. The van der Waals surface area contributed by atoms with E-state index in [1.54, 1.807) is 37.4 Å². The van der Waals surface area contributed by atoms with Crippen LogP contribution in [0.3, 0.4) is 0 Å². The van der Waals surface area contributed by atoms with Gasteiger partial charge < -0.3 is 14.8 Å². The van der Waals surface area contributed by atoms with E-state index in [4.69, 9.17) is 21.1 Å². The lowest BCUT2D eigenvalue weighted by Crippen LogP contribution is -2.43. The van der Waals surface area contributed by atoms with Crippen LogP contribution in [0.4, 0.5) is 5.69 Å². The number of carbonyl (C=O) groups excluding carboxylic acids is 1. The molecule has 1 heterocycles. The van der Waals surface area contributed by atoms with Crippen molar-refractivity contribution >= 4 is 33.2 Å². The van der Waals surface area contributed by atoms with Crippen molar-refractivity contribution in [2.45, 2.75) is 17.7 Å². The van der Waals surface area contributed by atoms with E-state index in [1.165, 1.54) is 23.5 Å². The van der Waals surface area contributed by atoms with Gasteiger partial charge in [-0.25, -0.2) is 8.42 Å². The lowest BCUT2D eigenvalue weighted by molar-refractivity contribution is -0.120. The van der Waals surface area contributed by atoms with Gasteiger partial charge in [0.15, 0.2) is 0 Å². The van der Waals surface area contributed by atoms with Crippen LogP contribution in [0.5, 0.6) is 11.5 Å². The van der Waals surface area contributed by atoms with E-state index < -0.39 is 15.9 Å². The molecule has 0 radical (unpaired) electrons. The van der Waals surface area contributed by atoms with Crippen LogP contribution in [-0.2, 0) is 14.8 Å². The standard InChI is InChI=1S/C20H23ClN2O5S/c1-27-16-7-10-18(19(12-16)28-2)22-20(24)14-4-3-11-23(13-14)29(25,26)17-8-5-15(21)6-9-17/h5-10,12,14H,3-4,11,13H2,1-2H3,(H,22,24)/t14-/m0/s1. The molecule has 0 spiro atoms. The van der Waals surface area contributed by atoms with Crippen molar-refractivity contribution in [1.82, 2.24) is 4.31 Å². The Morgan fingerprint density at radius 2 is 1.86 bits per heavy atom. The van der Waals surface area contributed by atoms with E-state index in [2.05, 4.69) is 5.32 Å². The number of sulfonamides is 1. The molecule has 1 aliphatic rings. The van der Waals surface area contributed by atoms with Gasteiger partial charge in [0.05, 0.1) is 30.7 Å². The first-order chi connectivity index (χ1) is 13.8. The second-order valence-electron chi connectivity index (χ2n) is 6.71. The van der Waals surface area contributed by atoms with E-state index in [-0.39, 0.29) is 17.3 Å². The van der Waals surface area contributed by atoms with Gasteiger partial charge in [0.1, 0.15) is 11.5 Å². The van der Waals surface area contributed by atoms with Crippen LogP contribution in [0, 0.1) is 5.92 Å². The quantitative estimate of drug-likeness (QED) is 0.747. The number of rotatable bonds is 6. The molecule has 0 unspecified atom stereocenters. The molecule has 0 aromatic heterocycles. The Morgan fingerprint density at radius 3 is 2.52 bits per heavy atom. The molecule has 1 saturated heterocycles. The highest BCUT2D eigenvalue weighted by Gasteiger charge is 2.33. The maximum absolute atomic E-state index is 12.9. The van der Waals surface area contributed by atoms with Crippen LogP contribution in [0.1, 0.15) is 12.8 Å². The number of ether oxygens (including phenoxy) is 2. The van der Waals surface area contributed by atoms with Crippen molar-refractivity contribution in [3.05, 3.63) is 47.5 Å². The molecule has 1 atom stereocenters. The topological polar surface area (TPSA) is 84.9 Å². The summed E-state index contributed by atoms with van der Waals surface area (Å²) in [5.41, 5.74) is 0.510. The Bertz CT molecular complexity index is 979. The highest BCUT2D eigenvalue weighted by Crippen LogP contribution is 2.31. The average Bonchev–Trinajstić information content (AvgIpc) is 2.74. The molecule has 29 heavy (non-hydrogen) atoms. The highest BCUT2D eigenvalue weighted by molar-refractivity contribution is 7.89. The zero-order valence-electron chi connectivity index (χ0n) is 16.2. The first kappa shape index (κ1) is 21.4. The second-order valence-corrected chi connectivity index (χ2v) is 9.09. The fourth-order valence-corrected chi connectivity index (χ4v) is 4.92. The summed E-state index contributed by atoms with van der Waals surface area (Å²) in [6.07, 6.45) is 1.21. The molecular formula is C20H23ClN2O5S. The molecule has 156 valence electrons. The van der Waals surface area contributed by atoms with E-state index in [9.17, 15) is 13.2 Å². The number of halogens is 1. The van der Waals surface area contributed by atoms with Gasteiger partial charge in [-0.05, 0) is 49.2 Å². The first-order valence-electron chi connectivity index (χ1n) is 9.13. The molecule has 0 aliphatic carbocycles. The number of nitrogens with one attached hydrogen (secondary N) is 1. The van der Waals surface area contributed by atoms with Crippen LogP contribution in [0.25, 0.3) is 0 Å². The van der Waals surface area contributed by atoms with Gasteiger partial charge in [-0.15, -0.1) is 0 Å². The molecule has 7 nitrogen and oxygen atoms in total. The number of hydrogen-bond donors (Lipinski definition) is 1. The Kier molecular flexibility index (Phi) is 6.66. The zero-order valence-corrected chi connectivity index (χ0v) is 17.8. The van der Waals surface area contributed by atoms with Gasteiger partial charge in [0.2, 0.25) is 15.9 Å². The predicted octanol–water partition coefficient (Wildman–Crippen LogP) is 3.40. The number of benzene rings is 2. The van der Waals surface area contributed by atoms with Crippen molar-refractivity contribution in [2.24, 2.45) is 5.92 Å². The number of piperidine rings is 1. The lowest BCUT2D eigenvalue weighted by atomic mass is 9.98. The van der Waals surface area contributed by atoms with Crippen molar-refractivity contribution in [3.63, 3.8) is 0 Å². The number of anilines is 1. The van der Waals surface area contributed by atoms with E-state index in [0.29, 0.717) is 41.6 Å². The van der Waals surface area contributed by atoms with Crippen LogP contribution in [0.15, 0.2) is 47.4 Å². The molecule has 1 aliphatic heterocycles. The van der Waals surface area contributed by atoms with Crippen molar-refractivity contribution in [3.8, 4) is 11.5 Å². The third-order valence-corrected chi connectivity index (χ3v) is 7.00. The molecule has 1 N–H and O–H groups in total. The minimum atomic E-state index is -3.69. The van der Waals surface area contributed by atoms with E-state index in [1.807, 2.05) is 0 Å². The second kappa shape index (κ2) is 9.02. The number of hydrogen-bond acceptors (Lipinski definition) is 5. The molecule has 1 amide bonds. The van der Waals surface area contributed by atoms with Gasteiger partial charge in [0.25, 0.3) is 0 Å². The average molecular weight is 439 g/mol. The number of methoxy groups -OCH3 is 2. The highest BCUT2D eigenvalue weighted by atomic mass is 35.5. The fourth-order valence-electron chi connectivity index (χ4n) is 3.27. The third kappa shape index (κ3) is 4.83. The summed E-state index contributed by atoms with van der Waals surface area (Å²) >= 11 is 5.85. The molecule has 2 aromatic carbocycles. The summed E-state index contributed by atoms with van der Waals surface area (Å²) in [5, 5.41) is 3.31. The molecule has 0 bridgehead atoms. The smallest absolute Gasteiger partial charge is 0.243 e. The van der Waals surface area contributed by atoms with Crippen molar-refractivity contribution in [2.75, 3.05) is 32.6 Å². The summed E-state index contributed by atoms with van der Waals surface area (Å²) in [6, 6.07) is 11.1. The normalized spacial score (nSPS) is 17.6. The van der Waals surface area contributed by atoms with Crippen molar-refractivity contribution in [1.29, 1.82) is 0 Å². The maximum Gasteiger partial charge on any atom is 0.243 e. The van der Waals surface area contributed by atoms with Gasteiger partial charge >= 0.3 is 0 Å². The largest absolute Gasteiger partial charge is 0.497 e. The minimum Gasteiger partial charge on any atom is -0.497 e.